The summed E-state index contributed by atoms with van der Waals surface area (Å²) in [6.07, 6.45) is 5.03. The van der Waals surface area contributed by atoms with Gasteiger partial charge in [-0.1, -0.05) is 51.0 Å². The molecule has 4 nitrogen and oxygen atoms in total. The number of aryl methyl sites for hydroxylation is 1. The zero-order valence-corrected chi connectivity index (χ0v) is 14.8. The zero-order valence-electron chi connectivity index (χ0n) is 14.8. The number of nitrogens with one attached hydrogen (secondary N) is 1. The molecular weight excluding hydrogens is 290 g/mol. The number of methoxy groups -OCH3 is 1. The molecule has 0 saturated carbocycles. The standard InChI is InChI=1S/C19H29NO3/c1-5-7-8-15-9-11-16(12-10-15)14-17(21)20-19(3,13-6-2)18(22)23-4/h9-12H,5-8,13-14H2,1-4H3,(H,20,21). The summed E-state index contributed by atoms with van der Waals surface area (Å²) >= 11 is 0. The lowest BCUT2D eigenvalue weighted by Gasteiger charge is -2.27. The van der Waals surface area contributed by atoms with Crippen LogP contribution in [0.1, 0.15) is 57.6 Å². The highest BCUT2D eigenvalue weighted by molar-refractivity contribution is 5.88. The molecule has 0 spiro atoms. The van der Waals surface area contributed by atoms with Crippen molar-refractivity contribution >= 4 is 11.9 Å². The normalized spacial score (nSPS) is 13.2. The number of ether oxygens (including phenoxy) is 1. The van der Waals surface area contributed by atoms with E-state index in [1.54, 1.807) is 6.92 Å². The quantitative estimate of drug-likeness (QED) is 0.710. The van der Waals surface area contributed by atoms with Gasteiger partial charge in [-0.15, -0.1) is 0 Å². The molecule has 0 radical (unpaired) electrons. The number of carbonyl (C=O) groups excluding carboxylic acids is 2. The largest absolute Gasteiger partial charge is 0.467 e. The van der Waals surface area contributed by atoms with Crippen LogP contribution in [-0.2, 0) is 27.2 Å². The van der Waals surface area contributed by atoms with Crippen molar-refractivity contribution < 1.29 is 14.3 Å². The predicted octanol–water partition coefficient (Wildman–Crippen LogP) is 3.42. The molecule has 1 atom stereocenters. The van der Waals surface area contributed by atoms with Crippen LogP contribution in [0.5, 0.6) is 0 Å². The molecule has 0 saturated heterocycles. The number of benzene rings is 1. The van der Waals surface area contributed by atoms with Crippen LogP contribution in [-0.4, -0.2) is 24.5 Å². The average Bonchev–Trinajstić information content (AvgIpc) is 2.53. The van der Waals surface area contributed by atoms with E-state index in [9.17, 15) is 9.59 Å². The van der Waals surface area contributed by atoms with Gasteiger partial charge < -0.3 is 10.1 Å². The van der Waals surface area contributed by atoms with Crippen molar-refractivity contribution in [3.63, 3.8) is 0 Å². The number of amides is 1. The molecule has 0 fully saturated rings. The molecule has 0 aliphatic carbocycles. The maximum Gasteiger partial charge on any atom is 0.331 e. The minimum atomic E-state index is -0.957. The van der Waals surface area contributed by atoms with Crippen molar-refractivity contribution in [3.8, 4) is 0 Å². The molecule has 1 aromatic carbocycles. The Labute approximate surface area is 139 Å². The number of unbranched alkanes of at least 4 members (excludes halogenated alkanes) is 1. The first-order chi connectivity index (χ1) is 10.9. The Hall–Kier alpha value is -1.84. The molecule has 1 rings (SSSR count). The van der Waals surface area contributed by atoms with Crippen LogP contribution in [0.25, 0.3) is 0 Å². The average molecular weight is 319 g/mol. The van der Waals surface area contributed by atoms with E-state index in [1.165, 1.54) is 25.5 Å². The molecule has 0 aliphatic rings. The van der Waals surface area contributed by atoms with Gasteiger partial charge >= 0.3 is 5.97 Å². The van der Waals surface area contributed by atoms with Gasteiger partial charge in [-0.05, 0) is 37.3 Å². The summed E-state index contributed by atoms with van der Waals surface area (Å²) in [5.74, 6) is -0.560. The van der Waals surface area contributed by atoms with Crippen molar-refractivity contribution in [3.05, 3.63) is 35.4 Å². The van der Waals surface area contributed by atoms with Gasteiger partial charge in [0.1, 0.15) is 5.54 Å². The first-order valence-corrected chi connectivity index (χ1v) is 8.42. The molecule has 1 unspecified atom stereocenters. The van der Waals surface area contributed by atoms with E-state index in [0.29, 0.717) is 6.42 Å². The lowest BCUT2D eigenvalue weighted by molar-refractivity contribution is -0.150. The van der Waals surface area contributed by atoms with Crippen molar-refractivity contribution in [2.75, 3.05) is 7.11 Å². The molecule has 0 aromatic heterocycles. The van der Waals surface area contributed by atoms with Crippen molar-refractivity contribution in [2.45, 2.75) is 64.8 Å². The molecule has 0 bridgehead atoms. The van der Waals surface area contributed by atoms with Crippen LogP contribution >= 0.6 is 0 Å². The Balaban J connectivity index is 2.65. The Morgan fingerprint density at radius 1 is 1.09 bits per heavy atom. The zero-order chi connectivity index (χ0) is 17.3. The smallest absolute Gasteiger partial charge is 0.331 e. The van der Waals surface area contributed by atoms with Crippen molar-refractivity contribution in [1.82, 2.24) is 5.32 Å². The second-order valence-electron chi connectivity index (χ2n) is 6.22. The molecule has 0 aliphatic heterocycles. The van der Waals surface area contributed by atoms with Gasteiger partial charge in [0.05, 0.1) is 13.5 Å². The highest BCUT2D eigenvalue weighted by Gasteiger charge is 2.34. The SMILES string of the molecule is CCCCc1ccc(CC(=O)NC(C)(CCC)C(=O)OC)cc1. The fraction of sp³-hybridized carbons (Fsp3) is 0.579. The lowest BCUT2D eigenvalue weighted by Crippen LogP contribution is -2.53. The van der Waals surface area contributed by atoms with E-state index >= 15 is 0 Å². The second-order valence-corrected chi connectivity index (χ2v) is 6.22. The Bertz CT molecular complexity index is 510. The van der Waals surface area contributed by atoms with Crippen LogP contribution in [0.4, 0.5) is 0 Å². The predicted molar refractivity (Wildman–Crippen MR) is 92.2 cm³/mol. The summed E-state index contributed by atoms with van der Waals surface area (Å²) in [6.45, 7) is 5.86. The third-order valence-corrected chi connectivity index (χ3v) is 4.01. The highest BCUT2D eigenvalue weighted by atomic mass is 16.5. The molecule has 128 valence electrons. The van der Waals surface area contributed by atoms with Gasteiger partial charge in [-0.2, -0.15) is 0 Å². The maximum absolute atomic E-state index is 12.3. The first-order valence-electron chi connectivity index (χ1n) is 8.42. The van der Waals surface area contributed by atoms with Crippen LogP contribution in [0.15, 0.2) is 24.3 Å². The topological polar surface area (TPSA) is 55.4 Å². The third kappa shape index (κ3) is 6.05. The van der Waals surface area contributed by atoms with Gasteiger partial charge in [-0.25, -0.2) is 4.79 Å². The summed E-state index contributed by atoms with van der Waals surface area (Å²) in [7, 11) is 1.34. The number of hydrogen-bond donors (Lipinski definition) is 1. The fourth-order valence-electron chi connectivity index (χ4n) is 2.68. The van der Waals surface area contributed by atoms with E-state index in [1.807, 2.05) is 19.1 Å². The van der Waals surface area contributed by atoms with Gasteiger partial charge in [0, 0.05) is 0 Å². The molecule has 23 heavy (non-hydrogen) atoms. The summed E-state index contributed by atoms with van der Waals surface area (Å²) in [4.78, 5) is 24.2. The van der Waals surface area contributed by atoms with Crippen molar-refractivity contribution in [2.24, 2.45) is 0 Å². The minimum Gasteiger partial charge on any atom is -0.467 e. The first kappa shape index (κ1) is 19.2. The summed E-state index contributed by atoms with van der Waals surface area (Å²) < 4.78 is 4.82. The molecule has 0 heterocycles. The van der Waals surface area contributed by atoms with Crippen LogP contribution in [0, 0.1) is 0 Å². The van der Waals surface area contributed by atoms with E-state index in [4.69, 9.17) is 4.74 Å². The minimum absolute atomic E-state index is 0.160. The van der Waals surface area contributed by atoms with Gasteiger partial charge in [0.15, 0.2) is 0 Å². The van der Waals surface area contributed by atoms with Crippen LogP contribution in [0.2, 0.25) is 0 Å². The number of esters is 1. The van der Waals surface area contributed by atoms with Crippen LogP contribution < -0.4 is 5.32 Å². The van der Waals surface area contributed by atoms with Crippen molar-refractivity contribution in [1.29, 1.82) is 0 Å². The van der Waals surface area contributed by atoms with Crippen LogP contribution in [0.3, 0.4) is 0 Å². The molecule has 4 heteroatoms. The highest BCUT2D eigenvalue weighted by Crippen LogP contribution is 2.15. The van der Waals surface area contributed by atoms with Gasteiger partial charge in [0.2, 0.25) is 5.91 Å². The van der Waals surface area contributed by atoms with Gasteiger partial charge in [0.25, 0.3) is 0 Å². The Morgan fingerprint density at radius 3 is 2.22 bits per heavy atom. The number of rotatable bonds is 9. The summed E-state index contributed by atoms with van der Waals surface area (Å²) in [6, 6.07) is 8.12. The summed E-state index contributed by atoms with van der Waals surface area (Å²) in [5, 5.41) is 2.83. The molecule has 1 amide bonds. The molecular formula is C19H29NO3. The summed E-state index contributed by atoms with van der Waals surface area (Å²) in [5.41, 5.74) is 1.29. The number of hydrogen-bond acceptors (Lipinski definition) is 3. The van der Waals surface area contributed by atoms with E-state index in [2.05, 4.69) is 24.4 Å². The van der Waals surface area contributed by atoms with E-state index in [-0.39, 0.29) is 12.3 Å². The monoisotopic (exact) mass is 319 g/mol. The maximum atomic E-state index is 12.3. The van der Waals surface area contributed by atoms with E-state index in [0.717, 1.165) is 18.4 Å². The third-order valence-electron chi connectivity index (χ3n) is 4.01. The molecule has 1 aromatic rings. The molecule has 1 N–H and O–H groups in total. The fourth-order valence-corrected chi connectivity index (χ4v) is 2.68. The van der Waals surface area contributed by atoms with E-state index < -0.39 is 11.5 Å². The second kappa shape index (κ2) is 9.33. The number of carbonyl (C=O) groups is 2. The lowest BCUT2D eigenvalue weighted by atomic mass is 9.95. The van der Waals surface area contributed by atoms with Gasteiger partial charge in [-0.3, -0.25) is 4.79 Å². The Morgan fingerprint density at radius 2 is 1.70 bits per heavy atom. The Kier molecular flexibility index (Phi) is 7.79.